The molecule has 0 saturated heterocycles. The van der Waals surface area contributed by atoms with Crippen LogP contribution in [0.1, 0.15) is 71.6 Å². The van der Waals surface area contributed by atoms with Crippen LogP contribution < -0.4 is 14.7 Å². The lowest BCUT2D eigenvalue weighted by atomic mass is 9.88. The van der Waals surface area contributed by atoms with Gasteiger partial charge in [0.15, 0.2) is 0 Å². The van der Waals surface area contributed by atoms with Gasteiger partial charge in [0.25, 0.3) is 11.4 Å². The zero-order valence-corrected chi connectivity index (χ0v) is 35.9. The van der Waals surface area contributed by atoms with Crippen LogP contribution in [0, 0.1) is 29.9 Å². The van der Waals surface area contributed by atoms with E-state index in [2.05, 4.69) is 65.9 Å². The molecule has 60 heavy (non-hydrogen) atoms. The summed E-state index contributed by atoms with van der Waals surface area (Å²) in [7, 11) is 0. The Labute approximate surface area is 355 Å². The van der Waals surface area contributed by atoms with Gasteiger partial charge in [-0.15, -0.1) is 0 Å². The molecule has 12 heteroatoms. The second kappa shape index (κ2) is 24.2. The van der Waals surface area contributed by atoms with Crippen LogP contribution in [0.3, 0.4) is 0 Å². The standard InChI is InChI=1S/C48H56N6O6/c1-10-48(33-58-45(55)39(32-49)29-36-17-23-40(24-18-36)52(11-2)12-3,34-59-46(56)43(50-8)30-37-19-25-41(26-20-37)53(13-4)14-5)35-60-47(57)44(51-9)31-38-21-27-42(28-22-38)54(15-6)16-7/h17-31H,10-16,33-35H2,1-7H3/b39-29+,43-30-,44-31-. The lowest BCUT2D eigenvalue weighted by Crippen LogP contribution is -2.39. The van der Waals surface area contributed by atoms with Crippen molar-refractivity contribution in [3.8, 4) is 6.07 Å². The van der Waals surface area contributed by atoms with E-state index >= 15 is 0 Å². The number of ether oxygens (including phenoxy) is 3. The van der Waals surface area contributed by atoms with Crippen LogP contribution >= 0.6 is 0 Å². The first-order valence-electron chi connectivity index (χ1n) is 20.3. The Bertz CT molecular complexity index is 1870. The van der Waals surface area contributed by atoms with E-state index in [0.717, 1.165) is 56.3 Å². The van der Waals surface area contributed by atoms with E-state index in [4.69, 9.17) is 27.4 Å². The minimum Gasteiger partial charge on any atom is -0.470 e. The molecule has 0 bridgehead atoms. The zero-order chi connectivity index (χ0) is 44.1. The third-order valence-corrected chi connectivity index (χ3v) is 10.3. The van der Waals surface area contributed by atoms with Crippen molar-refractivity contribution < 1.29 is 28.6 Å². The summed E-state index contributed by atoms with van der Waals surface area (Å²) in [6.45, 7) is 33.2. The van der Waals surface area contributed by atoms with Crippen LogP contribution in [0.25, 0.3) is 27.9 Å². The number of anilines is 3. The van der Waals surface area contributed by atoms with E-state index in [0.29, 0.717) is 16.7 Å². The van der Waals surface area contributed by atoms with Crippen molar-refractivity contribution in [2.24, 2.45) is 5.41 Å². The first-order chi connectivity index (χ1) is 29.0. The second-order valence-electron chi connectivity index (χ2n) is 13.8. The summed E-state index contributed by atoms with van der Waals surface area (Å²) in [5.74, 6) is -2.77. The van der Waals surface area contributed by atoms with Crippen LogP contribution in [-0.2, 0) is 28.6 Å². The van der Waals surface area contributed by atoms with E-state index in [1.165, 1.54) is 18.2 Å². The predicted octanol–water partition coefficient (Wildman–Crippen LogP) is 9.08. The van der Waals surface area contributed by atoms with Crippen LogP contribution in [0.15, 0.2) is 89.8 Å². The van der Waals surface area contributed by atoms with Gasteiger partial charge in [-0.25, -0.2) is 14.5 Å². The second-order valence-corrected chi connectivity index (χ2v) is 13.8. The maximum absolute atomic E-state index is 13.4. The molecule has 0 spiro atoms. The van der Waals surface area contributed by atoms with Crippen LogP contribution in [0.2, 0.25) is 0 Å². The van der Waals surface area contributed by atoms with E-state index in [9.17, 15) is 19.6 Å². The Balaban J connectivity index is 1.88. The smallest absolute Gasteiger partial charge is 0.348 e. The first-order valence-corrected chi connectivity index (χ1v) is 20.3. The quantitative estimate of drug-likeness (QED) is 0.0320. The molecule has 0 aromatic heterocycles. The van der Waals surface area contributed by atoms with Crippen LogP contribution in [0.4, 0.5) is 17.1 Å². The summed E-state index contributed by atoms with van der Waals surface area (Å²) in [6.07, 6.45) is 4.45. The molecule has 12 nitrogen and oxygen atoms in total. The summed E-state index contributed by atoms with van der Waals surface area (Å²) < 4.78 is 17.0. The molecule has 0 atom stereocenters. The van der Waals surface area contributed by atoms with E-state index in [1.807, 2.05) is 66.7 Å². The summed E-state index contributed by atoms with van der Waals surface area (Å²) in [6, 6.07) is 24.2. The Morgan fingerprint density at radius 2 is 0.850 bits per heavy atom. The van der Waals surface area contributed by atoms with E-state index in [-0.39, 0.29) is 23.4 Å². The number of carbonyl (C=O) groups excluding carboxylic acids is 3. The maximum atomic E-state index is 13.4. The predicted molar refractivity (Wildman–Crippen MR) is 238 cm³/mol. The van der Waals surface area contributed by atoms with Crippen molar-refractivity contribution in [1.29, 1.82) is 5.26 Å². The normalized spacial score (nSPS) is 12.5. The lowest BCUT2D eigenvalue weighted by Gasteiger charge is -2.31. The largest absolute Gasteiger partial charge is 0.470 e. The summed E-state index contributed by atoms with van der Waals surface area (Å²) >= 11 is 0. The number of nitriles is 1. The Morgan fingerprint density at radius 3 is 1.12 bits per heavy atom. The number of nitrogens with zero attached hydrogens (tertiary/aromatic N) is 6. The lowest BCUT2D eigenvalue weighted by molar-refractivity contribution is -0.156. The number of rotatable bonds is 22. The minimum absolute atomic E-state index is 0.174. The highest BCUT2D eigenvalue weighted by Crippen LogP contribution is 2.27. The number of carbonyl (C=O) groups is 3. The zero-order valence-electron chi connectivity index (χ0n) is 35.9. The third kappa shape index (κ3) is 13.4. The molecule has 0 aliphatic carbocycles. The third-order valence-electron chi connectivity index (χ3n) is 10.3. The van der Waals surface area contributed by atoms with Crippen LogP contribution in [0.5, 0.6) is 0 Å². The highest BCUT2D eigenvalue weighted by molar-refractivity contribution is 5.98. The fraction of sp³-hybridized carbons (Fsp3) is 0.375. The number of benzene rings is 3. The summed E-state index contributed by atoms with van der Waals surface area (Å²) in [5.41, 5.74) is 2.74. The summed E-state index contributed by atoms with van der Waals surface area (Å²) in [5, 5.41) is 9.93. The van der Waals surface area contributed by atoms with E-state index < -0.39 is 43.1 Å². The average Bonchev–Trinajstić information content (AvgIpc) is 3.28. The van der Waals surface area contributed by atoms with Gasteiger partial charge in [-0.2, -0.15) is 5.26 Å². The Kier molecular flexibility index (Phi) is 19.1. The van der Waals surface area contributed by atoms with Crippen molar-refractivity contribution in [3.05, 3.63) is 129 Å². The fourth-order valence-electron chi connectivity index (χ4n) is 6.32. The average molecular weight is 813 g/mol. The topological polar surface area (TPSA) is 121 Å². The molecule has 0 unspecified atom stereocenters. The molecule has 3 rings (SSSR count). The summed E-state index contributed by atoms with van der Waals surface area (Å²) in [4.78, 5) is 53.4. The molecule has 0 heterocycles. The molecule has 0 amide bonds. The van der Waals surface area contributed by atoms with Gasteiger partial charge in [-0.05, 0) is 119 Å². The van der Waals surface area contributed by atoms with Crippen molar-refractivity contribution in [3.63, 3.8) is 0 Å². The van der Waals surface area contributed by atoms with Gasteiger partial charge in [0.1, 0.15) is 31.5 Å². The molecule has 0 aliphatic heterocycles. The molecule has 0 saturated carbocycles. The van der Waals surface area contributed by atoms with Gasteiger partial charge in [-0.1, -0.05) is 43.3 Å². The Hall–Kier alpha value is -6.84. The molecule has 3 aromatic carbocycles. The van der Waals surface area contributed by atoms with E-state index in [1.54, 1.807) is 19.1 Å². The molecular weight excluding hydrogens is 757 g/mol. The highest BCUT2D eigenvalue weighted by atomic mass is 16.6. The van der Waals surface area contributed by atoms with Crippen molar-refractivity contribution in [2.75, 3.05) is 73.8 Å². The van der Waals surface area contributed by atoms with Gasteiger partial charge < -0.3 is 28.9 Å². The van der Waals surface area contributed by atoms with Crippen molar-refractivity contribution in [1.82, 2.24) is 0 Å². The van der Waals surface area contributed by atoms with Gasteiger partial charge in [0, 0.05) is 56.3 Å². The number of hydrogen-bond acceptors (Lipinski definition) is 10. The molecule has 0 aliphatic rings. The first kappa shape index (κ1) is 47.5. The monoisotopic (exact) mass is 812 g/mol. The van der Waals surface area contributed by atoms with Crippen LogP contribution in [-0.4, -0.2) is 77.0 Å². The number of hydrogen-bond donors (Lipinski definition) is 0. The molecular formula is C48H56N6O6. The number of esters is 3. The highest BCUT2D eigenvalue weighted by Gasteiger charge is 2.35. The SMILES string of the molecule is [C-]#[N+]/C(=C\c1ccc(N(CC)CC)cc1)C(=O)OCC(CC)(COC(=O)/C(=C/c1ccc(N(CC)CC)cc1)[N+]#[C-])COC(=O)/C(C#N)=C/c1ccc(N(CC)CC)cc1. The van der Waals surface area contributed by atoms with Gasteiger partial charge >= 0.3 is 17.9 Å². The minimum atomic E-state index is -1.32. The molecule has 0 fully saturated rings. The van der Waals surface area contributed by atoms with Crippen molar-refractivity contribution in [2.45, 2.75) is 54.9 Å². The molecule has 3 aromatic rings. The van der Waals surface area contributed by atoms with Gasteiger partial charge in [0.2, 0.25) is 0 Å². The van der Waals surface area contributed by atoms with Gasteiger partial charge in [0.05, 0.1) is 18.6 Å². The van der Waals surface area contributed by atoms with Crippen molar-refractivity contribution >= 4 is 53.2 Å². The fourth-order valence-corrected chi connectivity index (χ4v) is 6.32. The van der Waals surface area contributed by atoms with Gasteiger partial charge in [-0.3, -0.25) is 9.59 Å². The maximum Gasteiger partial charge on any atom is 0.348 e. The molecule has 0 radical (unpaired) electrons. The Morgan fingerprint density at radius 1 is 0.550 bits per heavy atom. The molecule has 314 valence electrons. The molecule has 0 N–H and O–H groups in total.